The number of ether oxygens (including phenoxy) is 1. The maximum absolute atomic E-state index is 12.1. The van der Waals surface area contributed by atoms with Gasteiger partial charge in [-0.3, -0.25) is 4.79 Å². The van der Waals surface area contributed by atoms with E-state index in [9.17, 15) is 9.59 Å². The standard InChI is InChI=1S/C16H22N4O4/c1-9(5-6-21)18-11-7-12-13(19-10(2)22)14(16(23)24-4)20(3)15(12)17-8-11/h7-9,18,21H,5-6H2,1-4H3,(H,19,22). The Labute approximate surface area is 139 Å². The summed E-state index contributed by atoms with van der Waals surface area (Å²) in [7, 11) is 2.98. The Kier molecular flexibility index (Phi) is 5.40. The zero-order valence-corrected chi connectivity index (χ0v) is 14.2. The molecule has 0 aliphatic rings. The second-order valence-electron chi connectivity index (χ2n) is 5.61. The summed E-state index contributed by atoms with van der Waals surface area (Å²) in [6.07, 6.45) is 2.24. The van der Waals surface area contributed by atoms with Crippen LogP contribution < -0.4 is 10.6 Å². The average molecular weight is 334 g/mol. The van der Waals surface area contributed by atoms with Crippen LogP contribution in [0.15, 0.2) is 12.3 Å². The number of aliphatic hydroxyl groups excluding tert-OH is 1. The van der Waals surface area contributed by atoms with Crippen molar-refractivity contribution in [2.75, 3.05) is 24.4 Å². The van der Waals surface area contributed by atoms with Gasteiger partial charge in [-0.1, -0.05) is 0 Å². The first-order chi connectivity index (χ1) is 11.4. The summed E-state index contributed by atoms with van der Waals surface area (Å²) >= 11 is 0. The monoisotopic (exact) mass is 334 g/mol. The number of carbonyl (C=O) groups excluding carboxylic acids is 2. The summed E-state index contributed by atoms with van der Waals surface area (Å²) in [5.41, 5.74) is 1.89. The molecule has 0 radical (unpaired) electrons. The molecule has 130 valence electrons. The predicted octanol–water partition coefficient (Wildman–Crippen LogP) is 1.50. The van der Waals surface area contributed by atoms with E-state index in [0.717, 1.165) is 5.69 Å². The zero-order valence-electron chi connectivity index (χ0n) is 14.2. The third-order valence-corrected chi connectivity index (χ3v) is 3.68. The number of anilines is 2. The number of hydrogen-bond acceptors (Lipinski definition) is 6. The number of pyridine rings is 1. The van der Waals surface area contributed by atoms with E-state index in [2.05, 4.69) is 15.6 Å². The van der Waals surface area contributed by atoms with Crippen molar-refractivity contribution in [1.82, 2.24) is 9.55 Å². The summed E-state index contributed by atoms with van der Waals surface area (Å²) in [5, 5.41) is 15.5. The van der Waals surface area contributed by atoms with Crippen LogP contribution >= 0.6 is 0 Å². The number of aromatic nitrogens is 2. The van der Waals surface area contributed by atoms with Crippen molar-refractivity contribution in [3.63, 3.8) is 0 Å². The molecule has 1 atom stereocenters. The molecule has 0 saturated heterocycles. The number of aryl methyl sites for hydroxylation is 1. The minimum Gasteiger partial charge on any atom is -0.464 e. The number of fused-ring (bicyclic) bond motifs is 1. The Hall–Kier alpha value is -2.61. The molecule has 2 heterocycles. The van der Waals surface area contributed by atoms with Crippen molar-refractivity contribution >= 4 is 34.3 Å². The third kappa shape index (κ3) is 3.48. The molecule has 0 aliphatic carbocycles. The highest BCUT2D eigenvalue weighted by Gasteiger charge is 2.23. The first kappa shape index (κ1) is 17.7. The van der Waals surface area contributed by atoms with Gasteiger partial charge in [0.15, 0.2) is 5.69 Å². The number of methoxy groups -OCH3 is 1. The number of amides is 1. The molecule has 24 heavy (non-hydrogen) atoms. The van der Waals surface area contributed by atoms with E-state index in [-0.39, 0.29) is 24.2 Å². The lowest BCUT2D eigenvalue weighted by atomic mass is 10.2. The van der Waals surface area contributed by atoms with Gasteiger partial charge in [-0.2, -0.15) is 0 Å². The number of esters is 1. The first-order valence-corrected chi connectivity index (χ1v) is 7.60. The second kappa shape index (κ2) is 7.31. The van der Waals surface area contributed by atoms with Crippen LogP contribution in [0.5, 0.6) is 0 Å². The molecular formula is C16H22N4O4. The van der Waals surface area contributed by atoms with E-state index >= 15 is 0 Å². The Morgan fingerprint density at radius 2 is 2.17 bits per heavy atom. The molecule has 0 aliphatic heterocycles. The number of nitrogens with zero attached hydrogens (tertiary/aromatic N) is 2. The summed E-state index contributed by atoms with van der Waals surface area (Å²) in [6.45, 7) is 3.40. The van der Waals surface area contributed by atoms with Crippen LogP contribution in [0.25, 0.3) is 11.0 Å². The topological polar surface area (TPSA) is 105 Å². The van der Waals surface area contributed by atoms with Crippen LogP contribution in [0.4, 0.5) is 11.4 Å². The minimum atomic E-state index is -0.553. The summed E-state index contributed by atoms with van der Waals surface area (Å²) < 4.78 is 6.40. The van der Waals surface area contributed by atoms with Gasteiger partial charge in [-0.25, -0.2) is 9.78 Å². The van der Waals surface area contributed by atoms with Crippen molar-refractivity contribution in [3.05, 3.63) is 18.0 Å². The van der Waals surface area contributed by atoms with E-state index in [1.807, 2.05) is 13.0 Å². The molecule has 2 rings (SSSR count). The van der Waals surface area contributed by atoms with Crippen LogP contribution in [-0.4, -0.2) is 46.3 Å². The lowest BCUT2D eigenvalue weighted by Gasteiger charge is -2.13. The van der Waals surface area contributed by atoms with Crippen LogP contribution in [-0.2, 0) is 16.6 Å². The normalized spacial score (nSPS) is 12.0. The van der Waals surface area contributed by atoms with Crippen LogP contribution in [0, 0.1) is 0 Å². The Bertz CT molecular complexity index is 769. The van der Waals surface area contributed by atoms with Crippen LogP contribution in [0.3, 0.4) is 0 Å². The summed E-state index contributed by atoms with van der Waals surface area (Å²) in [4.78, 5) is 28.0. The van der Waals surface area contributed by atoms with E-state index < -0.39 is 5.97 Å². The molecule has 0 spiro atoms. The van der Waals surface area contributed by atoms with Crippen molar-refractivity contribution in [2.24, 2.45) is 7.05 Å². The van der Waals surface area contributed by atoms with E-state index in [4.69, 9.17) is 9.84 Å². The predicted molar refractivity (Wildman–Crippen MR) is 91.1 cm³/mol. The molecule has 8 nitrogen and oxygen atoms in total. The lowest BCUT2D eigenvalue weighted by molar-refractivity contribution is -0.114. The highest BCUT2D eigenvalue weighted by Crippen LogP contribution is 2.31. The maximum Gasteiger partial charge on any atom is 0.356 e. The molecule has 8 heteroatoms. The average Bonchev–Trinajstić information content (AvgIpc) is 2.78. The van der Waals surface area contributed by atoms with Crippen molar-refractivity contribution < 1.29 is 19.4 Å². The highest BCUT2D eigenvalue weighted by molar-refractivity contribution is 6.10. The van der Waals surface area contributed by atoms with Gasteiger partial charge >= 0.3 is 5.97 Å². The zero-order chi connectivity index (χ0) is 17.9. The second-order valence-corrected chi connectivity index (χ2v) is 5.61. The van der Waals surface area contributed by atoms with Crippen molar-refractivity contribution in [3.8, 4) is 0 Å². The summed E-state index contributed by atoms with van der Waals surface area (Å²) in [6, 6.07) is 1.87. The number of rotatable bonds is 6. The van der Waals surface area contributed by atoms with Gasteiger partial charge < -0.3 is 25.0 Å². The van der Waals surface area contributed by atoms with E-state index in [1.54, 1.807) is 17.8 Å². The molecule has 0 aromatic carbocycles. The highest BCUT2D eigenvalue weighted by atomic mass is 16.5. The fraction of sp³-hybridized carbons (Fsp3) is 0.438. The first-order valence-electron chi connectivity index (χ1n) is 7.60. The van der Waals surface area contributed by atoms with E-state index in [1.165, 1.54) is 14.0 Å². The SMILES string of the molecule is COC(=O)c1c(NC(C)=O)c2cc(NC(C)CCO)cnc2n1C. The van der Waals surface area contributed by atoms with Gasteiger partial charge in [-0.05, 0) is 19.4 Å². The van der Waals surface area contributed by atoms with Gasteiger partial charge in [0, 0.05) is 32.0 Å². The Balaban J connectivity index is 2.56. The number of hydrogen-bond donors (Lipinski definition) is 3. The molecule has 3 N–H and O–H groups in total. The lowest BCUT2D eigenvalue weighted by Crippen LogP contribution is -2.16. The van der Waals surface area contributed by atoms with E-state index in [0.29, 0.717) is 23.1 Å². The van der Waals surface area contributed by atoms with Gasteiger partial charge in [0.05, 0.1) is 24.7 Å². The van der Waals surface area contributed by atoms with Gasteiger partial charge in [0.2, 0.25) is 5.91 Å². The fourth-order valence-electron chi connectivity index (χ4n) is 2.58. The van der Waals surface area contributed by atoms with Gasteiger partial charge in [0.25, 0.3) is 0 Å². The maximum atomic E-state index is 12.1. The van der Waals surface area contributed by atoms with Crippen molar-refractivity contribution in [2.45, 2.75) is 26.3 Å². The quantitative estimate of drug-likeness (QED) is 0.691. The molecule has 2 aromatic rings. The number of aliphatic hydroxyl groups is 1. The smallest absolute Gasteiger partial charge is 0.356 e. The largest absolute Gasteiger partial charge is 0.464 e. The molecular weight excluding hydrogens is 312 g/mol. The summed E-state index contributed by atoms with van der Waals surface area (Å²) in [5.74, 6) is -0.845. The minimum absolute atomic E-state index is 0.0576. The third-order valence-electron chi connectivity index (χ3n) is 3.68. The molecule has 0 fully saturated rings. The molecule has 1 amide bonds. The molecule has 0 bridgehead atoms. The van der Waals surface area contributed by atoms with Gasteiger partial charge in [0.1, 0.15) is 5.65 Å². The number of nitrogens with one attached hydrogen (secondary N) is 2. The molecule has 2 aromatic heterocycles. The van der Waals surface area contributed by atoms with Crippen molar-refractivity contribution in [1.29, 1.82) is 0 Å². The fourth-order valence-corrected chi connectivity index (χ4v) is 2.58. The molecule has 0 saturated carbocycles. The Morgan fingerprint density at radius 1 is 1.46 bits per heavy atom. The van der Waals surface area contributed by atoms with Crippen LogP contribution in [0.1, 0.15) is 30.8 Å². The Morgan fingerprint density at radius 3 is 2.75 bits per heavy atom. The van der Waals surface area contributed by atoms with Gasteiger partial charge in [-0.15, -0.1) is 0 Å². The molecule has 1 unspecified atom stereocenters. The number of carbonyl (C=O) groups is 2. The van der Waals surface area contributed by atoms with Crippen LogP contribution in [0.2, 0.25) is 0 Å².